The highest BCUT2D eigenvalue weighted by Crippen LogP contribution is 2.26. The highest BCUT2D eigenvalue weighted by atomic mass is 16.6. The maximum atomic E-state index is 10.8. The molecule has 0 radical (unpaired) electrons. The second-order valence-corrected chi connectivity index (χ2v) is 4.54. The number of nitro groups is 1. The number of non-ortho nitro benzene ring substituents is 1. The third-order valence-corrected chi connectivity index (χ3v) is 3.13. The first-order valence-corrected chi connectivity index (χ1v) is 5.99. The van der Waals surface area contributed by atoms with E-state index in [1.54, 1.807) is 0 Å². The number of hydrogen-bond acceptors (Lipinski definition) is 4. The molecule has 0 aliphatic heterocycles. The van der Waals surface area contributed by atoms with Crippen molar-refractivity contribution in [3.63, 3.8) is 0 Å². The Bertz CT molecular complexity index is 806. The monoisotopic (exact) mass is 269 g/mol. The Kier molecular flexibility index (Phi) is 2.64. The summed E-state index contributed by atoms with van der Waals surface area (Å²) in [5.41, 5.74) is 2.59. The lowest BCUT2D eigenvalue weighted by Crippen LogP contribution is -1.94. The molecule has 1 heterocycles. The summed E-state index contributed by atoms with van der Waals surface area (Å²) in [5.74, 6) is 0.362. The van der Waals surface area contributed by atoms with Crippen LogP contribution in [0.4, 0.5) is 5.69 Å². The van der Waals surface area contributed by atoms with Crippen molar-refractivity contribution in [1.29, 1.82) is 0 Å². The van der Waals surface area contributed by atoms with Gasteiger partial charge in [-0.1, -0.05) is 29.8 Å². The Morgan fingerprint density at radius 1 is 1.20 bits per heavy atom. The maximum absolute atomic E-state index is 10.8. The number of benzene rings is 2. The zero-order chi connectivity index (χ0) is 14.3. The van der Waals surface area contributed by atoms with E-state index in [9.17, 15) is 15.3 Å². The van der Waals surface area contributed by atoms with Gasteiger partial charge in [0, 0.05) is 17.7 Å². The molecule has 0 saturated carbocycles. The van der Waals surface area contributed by atoms with Crippen LogP contribution in [-0.2, 0) is 0 Å². The number of imidazole rings is 1. The Labute approximate surface area is 114 Å². The summed E-state index contributed by atoms with van der Waals surface area (Å²) >= 11 is 0. The summed E-state index contributed by atoms with van der Waals surface area (Å²) in [6.07, 6.45) is 0. The molecule has 0 spiro atoms. The van der Waals surface area contributed by atoms with Crippen LogP contribution in [0.2, 0.25) is 0 Å². The summed E-state index contributed by atoms with van der Waals surface area (Å²) < 4.78 is 0.882. The summed E-state index contributed by atoms with van der Waals surface area (Å²) in [6.45, 7) is 1.97. The molecule has 0 unspecified atom stereocenters. The van der Waals surface area contributed by atoms with Gasteiger partial charge in [0.1, 0.15) is 5.52 Å². The molecule has 2 aromatic carbocycles. The summed E-state index contributed by atoms with van der Waals surface area (Å²) in [4.78, 5) is 14.6. The minimum Gasteiger partial charge on any atom is -0.426 e. The molecule has 1 aromatic heterocycles. The minimum absolute atomic E-state index is 0.0804. The fourth-order valence-corrected chi connectivity index (χ4v) is 2.05. The fraction of sp³-hybridized carbons (Fsp3) is 0.0714. The van der Waals surface area contributed by atoms with Crippen molar-refractivity contribution in [2.24, 2.45) is 0 Å². The van der Waals surface area contributed by atoms with Crippen molar-refractivity contribution in [1.82, 2.24) is 9.71 Å². The van der Waals surface area contributed by atoms with Crippen molar-refractivity contribution in [2.45, 2.75) is 6.92 Å². The van der Waals surface area contributed by atoms with Crippen LogP contribution < -0.4 is 0 Å². The smallest absolute Gasteiger partial charge is 0.271 e. The first kappa shape index (κ1) is 12.2. The summed E-state index contributed by atoms with van der Waals surface area (Å²) in [6, 6.07) is 11.7. The number of aryl methyl sites for hydroxylation is 1. The van der Waals surface area contributed by atoms with E-state index >= 15 is 0 Å². The molecule has 3 aromatic rings. The number of nitrogens with zero attached hydrogens (tertiary/aromatic N) is 3. The van der Waals surface area contributed by atoms with Gasteiger partial charge in [-0.05, 0) is 13.0 Å². The second kappa shape index (κ2) is 4.34. The van der Waals surface area contributed by atoms with Crippen LogP contribution in [0.25, 0.3) is 22.4 Å². The zero-order valence-corrected chi connectivity index (χ0v) is 10.6. The van der Waals surface area contributed by atoms with E-state index in [0.29, 0.717) is 16.9 Å². The quantitative estimate of drug-likeness (QED) is 0.440. The lowest BCUT2D eigenvalue weighted by Gasteiger charge is -2.01. The molecule has 0 aliphatic rings. The van der Waals surface area contributed by atoms with E-state index in [0.717, 1.165) is 15.9 Å². The summed E-state index contributed by atoms with van der Waals surface area (Å²) in [5, 5.41) is 20.9. The van der Waals surface area contributed by atoms with Crippen molar-refractivity contribution in [2.75, 3.05) is 0 Å². The lowest BCUT2D eigenvalue weighted by atomic mass is 10.1. The van der Waals surface area contributed by atoms with Gasteiger partial charge in [-0.2, -0.15) is 4.73 Å². The van der Waals surface area contributed by atoms with E-state index < -0.39 is 4.92 Å². The largest absolute Gasteiger partial charge is 0.426 e. The average molecular weight is 269 g/mol. The predicted molar refractivity (Wildman–Crippen MR) is 73.7 cm³/mol. The molecule has 0 aliphatic carbocycles. The Balaban J connectivity index is 2.20. The molecule has 0 fully saturated rings. The van der Waals surface area contributed by atoms with Crippen molar-refractivity contribution in [3.05, 3.63) is 58.1 Å². The van der Waals surface area contributed by atoms with E-state index in [4.69, 9.17) is 0 Å². The van der Waals surface area contributed by atoms with E-state index in [1.165, 1.54) is 18.2 Å². The van der Waals surface area contributed by atoms with Gasteiger partial charge in [-0.3, -0.25) is 10.1 Å². The first-order chi connectivity index (χ1) is 9.56. The van der Waals surface area contributed by atoms with Gasteiger partial charge in [0.05, 0.1) is 10.4 Å². The zero-order valence-electron chi connectivity index (χ0n) is 10.6. The number of hydrogen-bond donors (Lipinski definition) is 1. The fourth-order valence-electron chi connectivity index (χ4n) is 2.05. The molecular weight excluding hydrogens is 258 g/mol. The Morgan fingerprint density at radius 3 is 2.55 bits per heavy atom. The third kappa shape index (κ3) is 1.87. The standard InChI is InChI=1S/C14H11N3O3/c1-9-2-4-10(5-3-9)14-15-12-7-6-11(17(19)20)8-13(12)16(14)18/h2-8,18H,1H3. The van der Waals surface area contributed by atoms with Gasteiger partial charge >= 0.3 is 0 Å². The van der Waals surface area contributed by atoms with Gasteiger partial charge in [0.25, 0.3) is 5.69 Å². The molecule has 0 amide bonds. The highest BCUT2D eigenvalue weighted by molar-refractivity contribution is 5.82. The minimum atomic E-state index is -0.502. The molecule has 0 bridgehead atoms. The van der Waals surface area contributed by atoms with Gasteiger partial charge in [-0.25, -0.2) is 4.98 Å². The average Bonchev–Trinajstić information content (AvgIpc) is 2.76. The number of aromatic nitrogens is 2. The molecule has 6 nitrogen and oxygen atoms in total. The second-order valence-electron chi connectivity index (χ2n) is 4.54. The van der Waals surface area contributed by atoms with Gasteiger partial charge < -0.3 is 5.21 Å². The van der Waals surface area contributed by atoms with Crippen LogP contribution in [0.15, 0.2) is 42.5 Å². The predicted octanol–water partition coefficient (Wildman–Crippen LogP) is 3.16. The molecule has 0 saturated heterocycles. The molecule has 1 N–H and O–H groups in total. The van der Waals surface area contributed by atoms with E-state index in [2.05, 4.69) is 4.98 Å². The number of nitro benzene ring substituents is 1. The molecule has 6 heteroatoms. The van der Waals surface area contributed by atoms with E-state index in [-0.39, 0.29) is 5.69 Å². The molecule has 0 atom stereocenters. The molecular formula is C14H11N3O3. The Morgan fingerprint density at radius 2 is 1.90 bits per heavy atom. The first-order valence-electron chi connectivity index (χ1n) is 5.99. The van der Waals surface area contributed by atoms with Crippen LogP contribution in [0.5, 0.6) is 0 Å². The summed E-state index contributed by atoms with van der Waals surface area (Å²) in [7, 11) is 0. The van der Waals surface area contributed by atoms with E-state index in [1.807, 2.05) is 31.2 Å². The van der Waals surface area contributed by atoms with Crippen molar-refractivity contribution in [3.8, 4) is 11.4 Å². The SMILES string of the molecule is Cc1ccc(-c2nc3ccc([N+](=O)[O-])cc3n2O)cc1. The van der Waals surface area contributed by atoms with Crippen LogP contribution in [0.1, 0.15) is 5.56 Å². The van der Waals surface area contributed by atoms with Crippen molar-refractivity contribution >= 4 is 16.7 Å². The maximum Gasteiger partial charge on any atom is 0.271 e. The normalized spacial score (nSPS) is 10.8. The number of rotatable bonds is 2. The van der Waals surface area contributed by atoms with Gasteiger partial charge in [-0.15, -0.1) is 0 Å². The topological polar surface area (TPSA) is 81.2 Å². The Hall–Kier alpha value is -2.89. The third-order valence-electron chi connectivity index (χ3n) is 3.13. The van der Waals surface area contributed by atoms with Crippen LogP contribution >= 0.6 is 0 Å². The van der Waals surface area contributed by atoms with Crippen molar-refractivity contribution < 1.29 is 10.1 Å². The highest BCUT2D eigenvalue weighted by Gasteiger charge is 2.15. The lowest BCUT2D eigenvalue weighted by molar-refractivity contribution is -0.384. The van der Waals surface area contributed by atoms with Gasteiger partial charge in [0.2, 0.25) is 0 Å². The van der Waals surface area contributed by atoms with Gasteiger partial charge in [0.15, 0.2) is 5.82 Å². The van der Waals surface area contributed by atoms with Crippen LogP contribution in [0, 0.1) is 17.0 Å². The number of fused-ring (bicyclic) bond motifs is 1. The van der Waals surface area contributed by atoms with Crippen LogP contribution in [0.3, 0.4) is 0 Å². The molecule has 3 rings (SSSR count). The molecule has 100 valence electrons. The van der Waals surface area contributed by atoms with Crippen LogP contribution in [-0.4, -0.2) is 19.8 Å². The molecule has 20 heavy (non-hydrogen) atoms.